The molecule has 0 aliphatic heterocycles. The van der Waals surface area contributed by atoms with Gasteiger partial charge in [0.15, 0.2) is 0 Å². The van der Waals surface area contributed by atoms with E-state index in [9.17, 15) is 5.26 Å². The molecule has 1 aromatic rings. The second-order valence-electron chi connectivity index (χ2n) is 5.60. The molecule has 114 valence electrons. The molecular weight excluding hydrogens is 256 g/mol. The smallest absolute Gasteiger partial charge is 0.0659 e. The van der Waals surface area contributed by atoms with Gasteiger partial charge in [-0.15, -0.1) is 0 Å². The Bertz CT molecular complexity index is 417. The van der Waals surface area contributed by atoms with Crippen LogP contribution in [0.4, 0.5) is 0 Å². The van der Waals surface area contributed by atoms with E-state index in [4.69, 9.17) is 0 Å². The summed E-state index contributed by atoms with van der Waals surface area (Å²) in [7, 11) is 0. The van der Waals surface area contributed by atoms with Crippen molar-refractivity contribution in [3.8, 4) is 6.07 Å². The lowest BCUT2D eigenvalue weighted by atomic mass is 9.98. The molecule has 21 heavy (non-hydrogen) atoms. The molecule has 0 amide bonds. The van der Waals surface area contributed by atoms with Crippen LogP contribution in [0.1, 0.15) is 64.0 Å². The van der Waals surface area contributed by atoms with E-state index in [0.717, 1.165) is 25.0 Å². The lowest BCUT2D eigenvalue weighted by molar-refractivity contribution is 0.597. The fourth-order valence-corrected chi connectivity index (χ4v) is 2.38. The van der Waals surface area contributed by atoms with Gasteiger partial charge in [0.05, 0.1) is 12.0 Å². The molecule has 1 unspecified atom stereocenters. The van der Waals surface area contributed by atoms with Gasteiger partial charge in [0.25, 0.3) is 0 Å². The van der Waals surface area contributed by atoms with Gasteiger partial charge in [0.1, 0.15) is 0 Å². The summed E-state index contributed by atoms with van der Waals surface area (Å²) in [6, 6.07) is 8.29. The minimum absolute atomic E-state index is 0.0779. The number of pyridine rings is 1. The molecule has 1 heterocycles. The first kappa shape index (κ1) is 17.4. The van der Waals surface area contributed by atoms with Crippen molar-refractivity contribution < 1.29 is 0 Å². The highest BCUT2D eigenvalue weighted by molar-refractivity contribution is 5.06. The second kappa shape index (κ2) is 12.1. The predicted octanol–water partition coefficient (Wildman–Crippen LogP) is 5.46. The number of hydrogen-bond donors (Lipinski definition) is 0. The topological polar surface area (TPSA) is 36.7 Å². The number of rotatable bonds is 11. The molecule has 1 aromatic heterocycles. The first-order valence-electron chi connectivity index (χ1n) is 8.31. The zero-order valence-electron chi connectivity index (χ0n) is 13.3. The average molecular weight is 284 g/mol. The van der Waals surface area contributed by atoms with Crippen LogP contribution in [0, 0.1) is 17.2 Å². The highest BCUT2D eigenvalue weighted by atomic mass is 14.7. The van der Waals surface area contributed by atoms with Gasteiger partial charge in [-0.05, 0) is 37.8 Å². The van der Waals surface area contributed by atoms with Gasteiger partial charge in [-0.25, -0.2) is 0 Å². The van der Waals surface area contributed by atoms with Crippen molar-refractivity contribution in [2.75, 3.05) is 0 Å². The van der Waals surface area contributed by atoms with Crippen LogP contribution in [0.2, 0.25) is 0 Å². The Morgan fingerprint density at radius 2 is 1.95 bits per heavy atom. The molecule has 0 saturated carbocycles. The van der Waals surface area contributed by atoms with E-state index in [2.05, 4.69) is 30.1 Å². The van der Waals surface area contributed by atoms with E-state index in [1.54, 1.807) is 6.20 Å². The fraction of sp³-hybridized carbons (Fsp3) is 0.579. The summed E-state index contributed by atoms with van der Waals surface area (Å²) in [5.74, 6) is 0.0779. The van der Waals surface area contributed by atoms with Gasteiger partial charge in [-0.1, -0.05) is 50.8 Å². The molecule has 1 atom stereocenters. The molecule has 0 radical (unpaired) electrons. The Hall–Kier alpha value is -1.62. The van der Waals surface area contributed by atoms with Crippen LogP contribution in [0.15, 0.2) is 36.5 Å². The highest BCUT2D eigenvalue weighted by Crippen LogP contribution is 2.13. The van der Waals surface area contributed by atoms with Gasteiger partial charge in [-0.3, -0.25) is 4.98 Å². The van der Waals surface area contributed by atoms with Crippen LogP contribution in [0.25, 0.3) is 0 Å². The molecule has 0 aliphatic carbocycles. The molecule has 0 bridgehead atoms. The van der Waals surface area contributed by atoms with Crippen LogP contribution in [0.3, 0.4) is 0 Å². The molecule has 0 saturated heterocycles. The van der Waals surface area contributed by atoms with E-state index < -0.39 is 0 Å². The molecule has 0 spiro atoms. The number of unbranched alkanes of at least 4 members (excludes halogenated alkanes) is 5. The van der Waals surface area contributed by atoms with E-state index in [1.807, 2.05) is 18.2 Å². The summed E-state index contributed by atoms with van der Waals surface area (Å²) in [6.45, 7) is 2.25. The lowest BCUT2D eigenvalue weighted by Crippen LogP contribution is -2.02. The first-order chi connectivity index (χ1) is 10.4. The van der Waals surface area contributed by atoms with Crippen LogP contribution < -0.4 is 0 Å². The van der Waals surface area contributed by atoms with E-state index in [-0.39, 0.29) is 5.92 Å². The van der Waals surface area contributed by atoms with Crippen molar-refractivity contribution in [3.63, 3.8) is 0 Å². The third-order valence-corrected chi connectivity index (χ3v) is 3.69. The third-order valence-electron chi connectivity index (χ3n) is 3.69. The molecule has 2 heteroatoms. The van der Waals surface area contributed by atoms with Crippen LogP contribution in [-0.4, -0.2) is 4.98 Å². The van der Waals surface area contributed by atoms with E-state index in [1.165, 1.54) is 38.5 Å². The van der Waals surface area contributed by atoms with Crippen LogP contribution in [-0.2, 0) is 6.42 Å². The van der Waals surface area contributed by atoms with Crippen LogP contribution >= 0.6 is 0 Å². The minimum Gasteiger partial charge on any atom is -0.261 e. The Morgan fingerprint density at radius 3 is 2.67 bits per heavy atom. The maximum Gasteiger partial charge on any atom is 0.0659 e. The number of hydrogen-bond acceptors (Lipinski definition) is 2. The summed E-state index contributed by atoms with van der Waals surface area (Å²) in [4.78, 5) is 4.29. The van der Waals surface area contributed by atoms with E-state index >= 15 is 0 Å². The predicted molar refractivity (Wildman–Crippen MR) is 88.8 cm³/mol. The van der Waals surface area contributed by atoms with Crippen molar-refractivity contribution in [1.82, 2.24) is 4.98 Å². The Kier molecular flexibility index (Phi) is 10.1. The SMILES string of the molecule is CCCCCCCC=CCCC(C#N)Cc1ccccn1. The van der Waals surface area contributed by atoms with Crippen molar-refractivity contribution >= 4 is 0 Å². The summed E-state index contributed by atoms with van der Waals surface area (Å²) in [5, 5.41) is 9.21. The maximum atomic E-state index is 9.21. The fourth-order valence-electron chi connectivity index (χ4n) is 2.38. The largest absolute Gasteiger partial charge is 0.261 e. The molecule has 0 aromatic carbocycles. The number of aromatic nitrogens is 1. The monoisotopic (exact) mass is 284 g/mol. The first-order valence-corrected chi connectivity index (χ1v) is 8.31. The zero-order valence-corrected chi connectivity index (χ0v) is 13.3. The van der Waals surface area contributed by atoms with Gasteiger partial charge in [0.2, 0.25) is 0 Å². The number of nitrogens with zero attached hydrogens (tertiary/aromatic N) is 2. The Labute approximate surface area is 129 Å². The highest BCUT2D eigenvalue weighted by Gasteiger charge is 2.07. The van der Waals surface area contributed by atoms with Gasteiger partial charge in [-0.2, -0.15) is 5.26 Å². The minimum atomic E-state index is 0.0779. The normalized spacial score (nSPS) is 12.4. The van der Waals surface area contributed by atoms with Crippen LogP contribution in [0.5, 0.6) is 0 Å². The van der Waals surface area contributed by atoms with Crippen molar-refractivity contribution in [1.29, 1.82) is 5.26 Å². The van der Waals surface area contributed by atoms with Crippen molar-refractivity contribution in [2.45, 2.75) is 64.7 Å². The number of allylic oxidation sites excluding steroid dienone is 2. The van der Waals surface area contributed by atoms with Gasteiger partial charge in [0, 0.05) is 18.3 Å². The summed E-state index contributed by atoms with van der Waals surface area (Å²) in [6.07, 6.45) is 16.9. The Morgan fingerprint density at radius 1 is 1.14 bits per heavy atom. The second-order valence-corrected chi connectivity index (χ2v) is 5.60. The molecule has 0 fully saturated rings. The Balaban J connectivity index is 2.11. The molecular formula is C19H28N2. The zero-order chi connectivity index (χ0) is 15.2. The molecule has 1 rings (SSSR count). The van der Waals surface area contributed by atoms with Crippen molar-refractivity contribution in [2.24, 2.45) is 5.92 Å². The average Bonchev–Trinajstić information content (AvgIpc) is 2.53. The molecule has 0 N–H and O–H groups in total. The summed E-state index contributed by atoms with van der Waals surface area (Å²) < 4.78 is 0. The van der Waals surface area contributed by atoms with Gasteiger partial charge >= 0.3 is 0 Å². The molecule has 0 aliphatic rings. The number of nitriles is 1. The summed E-state index contributed by atoms with van der Waals surface area (Å²) >= 11 is 0. The quantitative estimate of drug-likeness (QED) is 0.399. The summed E-state index contributed by atoms with van der Waals surface area (Å²) in [5.41, 5.74) is 1.02. The third kappa shape index (κ3) is 9.02. The standard InChI is InChI=1S/C19H28N2/c1-2-3-4-5-6-7-8-9-10-13-18(17-20)16-19-14-11-12-15-21-19/h8-9,11-12,14-15,18H,2-7,10,13,16H2,1H3. The lowest BCUT2D eigenvalue weighted by Gasteiger charge is -2.06. The van der Waals surface area contributed by atoms with E-state index in [0.29, 0.717) is 0 Å². The molecule has 2 nitrogen and oxygen atoms in total. The maximum absolute atomic E-state index is 9.21. The van der Waals surface area contributed by atoms with Crippen molar-refractivity contribution in [3.05, 3.63) is 42.2 Å². The van der Waals surface area contributed by atoms with Gasteiger partial charge < -0.3 is 0 Å².